The summed E-state index contributed by atoms with van der Waals surface area (Å²) in [5.74, 6) is -0.657. The summed E-state index contributed by atoms with van der Waals surface area (Å²) in [6.45, 7) is 3.93. The number of aldehydes is 1. The summed E-state index contributed by atoms with van der Waals surface area (Å²) in [6, 6.07) is 0.286. The van der Waals surface area contributed by atoms with E-state index in [1.165, 1.54) is 141 Å². The Morgan fingerprint density at radius 2 is 0.957 bits per heavy atom. The number of nitrogens with two attached hydrogens (primary N) is 1. The van der Waals surface area contributed by atoms with Gasteiger partial charge in [0.1, 0.15) is 6.29 Å². The Bertz CT molecular complexity index is 527. The molecule has 0 unspecified atom stereocenters. The van der Waals surface area contributed by atoms with Gasteiger partial charge in [-0.15, -0.1) is 6.04 Å². The fourth-order valence-corrected chi connectivity index (χ4v) is 4.93. The van der Waals surface area contributed by atoms with E-state index >= 15 is 0 Å². The van der Waals surface area contributed by atoms with Gasteiger partial charge in [-0.25, -0.2) is 0 Å². The van der Waals surface area contributed by atoms with Crippen LogP contribution >= 0.6 is 0 Å². The molecule has 0 amide bonds. The predicted octanol–water partition coefficient (Wildman–Crippen LogP) is 10.6. The van der Waals surface area contributed by atoms with Gasteiger partial charge in [0.05, 0.1) is 6.61 Å². The van der Waals surface area contributed by atoms with Crippen molar-refractivity contribution in [1.82, 2.24) is 0 Å². The summed E-state index contributed by atoms with van der Waals surface area (Å²) in [5.41, 5.74) is 7.27. The molecule has 0 aliphatic heterocycles. The Labute approximate surface area is 305 Å². The molecule has 1 rings (SSSR count). The molecule has 9 nitrogen and oxygen atoms in total. The number of aliphatic carboxylic acids is 1. The maximum atomic E-state index is 10.3. The summed E-state index contributed by atoms with van der Waals surface area (Å²) in [4.78, 5) is 20.3. The quantitative estimate of drug-likeness (QED) is 0.0342. The number of unbranched alkanes of at least 4 members (excludes halogenated alkanes) is 21. The smallest absolute Gasteiger partial charge is 0.693 e. The molecule has 1 saturated carbocycles. The molecule has 0 aromatic heterocycles. The van der Waals surface area contributed by atoms with E-state index in [-0.39, 0.29) is 33.3 Å². The van der Waals surface area contributed by atoms with E-state index in [1.807, 2.05) is 0 Å². The van der Waals surface area contributed by atoms with Gasteiger partial charge < -0.3 is 42.2 Å². The van der Waals surface area contributed by atoms with Gasteiger partial charge in [0, 0.05) is 20.0 Å². The summed E-state index contributed by atoms with van der Waals surface area (Å²) >= 11 is 0. The minimum Gasteiger partial charge on any atom is -0.693 e. The number of carbonyl (C=O) groups is 2. The molecule has 0 aromatic rings. The molecule has 290 valence electrons. The normalized spacial score (nSPS) is 11.9. The zero-order valence-electron chi connectivity index (χ0n) is 30.9. The molecule has 8 N–H and O–H groups in total. The Morgan fingerprint density at radius 3 is 1.19 bits per heavy atom. The van der Waals surface area contributed by atoms with Crippen LogP contribution in [0, 0.1) is 0 Å². The second kappa shape index (κ2) is 57.8. The topological polar surface area (TPSA) is 193 Å². The van der Waals surface area contributed by atoms with E-state index in [0.29, 0.717) is 6.42 Å². The van der Waals surface area contributed by atoms with Crippen molar-refractivity contribution in [3.63, 3.8) is 0 Å². The molecule has 0 radical (unpaired) electrons. The molecule has 47 heavy (non-hydrogen) atoms. The van der Waals surface area contributed by atoms with Crippen molar-refractivity contribution in [3.8, 4) is 0 Å². The molecule has 0 saturated heterocycles. The molecular weight excluding hydrogens is 779 g/mol. The Morgan fingerprint density at radius 1 is 0.660 bits per heavy atom. The summed E-state index contributed by atoms with van der Waals surface area (Å²) < 4.78 is 0. The van der Waals surface area contributed by atoms with Crippen LogP contribution in [0.15, 0.2) is 0 Å². The molecule has 1 aliphatic carbocycles. The largest absolute Gasteiger partial charge is 2.00 e. The maximum absolute atomic E-state index is 10.3. The van der Waals surface area contributed by atoms with Crippen LogP contribution in [0.5, 0.6) is 0 Å². The van der Waals surface area contributed by atoms with E-state index in [4.69, 9.17) is 31.3 Å². The van der Waals surface area contributed by atoms with E-state index in [2.05, 4.69) is 13.8 Å². The molecule has 0 bridgehead atoms. The standard InChI is InChI=1S/C14H28O2.C14H28O.C6H12N.C2H6O3.CH4O.H2N.Pt/c1-2-3-4-5-6-7-8-9-10-11-12-13-14(15)16;1-2-3-4-5-6-7-8-9-10-11-12-13-14-15;7-6-4-2-1-3-5-6;3-1-2(4)5;1-2;;/h2-13H2,1H3,(H,15,16);14H,2-13H2,1H3;6-7H,1-5H2;2-5H,1H2;2H,1H3;1H2;/q;;-1;;;-1;+2. The number of aliphatic hydroxyl groups is 4. The van der Waals surface area contributed by atoms with E-state index in [1.54, 1.807) is 0 Å². The van der Waals surface area contributed by atoms with Crippen molar-refractivity contribution in [2.24, 2.45) is 0 Å². The number of carboxylic acid groups (broad SMARTS) is 1. The summed E-state index contributed by atoms with van der Waals surface area (Å²) in [6.07, 6.45) is 35.7. The van der Waals surface area contributed by atoms with Crippen molar-refractivity contribution >= 4 is 12.3 Å². The fourth-order valence-electron chi connectivity index (χ4n) is 4.93. The minimum absolute atomic E-state index is 0. The number of carbonyl (C=O) groups excluding carboxylic acids is 1. The summed E-state index contributed by atoms with van der Waals surface area (Å²) in [7, 11) is 1.00. The number of aliphatic hydroxyl groups excluding tert-OH is 3. The first-order valence-electron chi connectivity index (χ1n) is 18.6. The van der Waals surface area contributed by atoms with Gasteiger partial charge in [-0.2, -0.15) is 0 Å². The SMILES string of the molecule is CCCCCCCCCCCCCC(=O)O.CCCCCCCCCCCCCC=O.CO.OCC(O)O.[NH-]C1CCCCC1.[NH2-].[Pt+2]. The van der Waals surface area contributed by atoms with Crippen LogP contribution in [0.4, 0.5) is 0 Å². The van der Waals surface area contributed by atoms with Crippen molar-refractivity contribution in [2.45, 2.75) is 212 Å². The predicted molar refractivity (Wildman–Crippen MR) is 196 cm³/mol. The number of nitrogens with one attached hydrogen (secondary N) is 1. The zero-order chi connectivity index (χ0) is 34.7. The second-order valence-electron chi connectivity index (χ2n) is 12.2. The number of hydrogen-bond donors (Lipinski definition) is 5. The fraction of sp³-hybridized carbons (Fsp3) is 0.946. The molecule has 1 aliphatic rings. The van der Waals surface area contributed by atoms with Crippen LogP contribution < -0.4 is 0 Å². The third-order valence-corrected chi connectivity index (χ3v) is 7.69. The number of carboxylic acids is 1. The Kier molecular flexibility index (Phi) is 72.3. The van der Waals surface area contributed by atoms with Crippen LogP contribution in [-0.2, 0) is 30.7 Å². The van der Waals surface area contributed by atoms with Gasteiger partial charge in [-0.1, -0.05) is 174 Å². The summed E-state index contributed by atoms with van der Waals surface area (Å²) in [5, 5.41) is 38.4. The molecule has 1 fully saturated rings. The average molecular weight is 860 g/mol. The molecule has 0 aromatic carbocycles. The third-order valence-electron chi connectivity index (χ3n) is 7.69. The van der Waals surface area contributed by atoms with Crippen molar-refractivity contribution in [1.29, 1.82) is 0 Å². The first-order chi connectivity index (χ1) is 21.8. The maximum Gasteiger partial charge on any atom is 2.00 e. The van der Waals surface area contributed by atoms with Gasteiger partial charge in [0.25, 0.3) is 0 Å². The van der Waals surface area contributed by atoms with Gasteiger partial charge in [-0.3, -0.25) is 4.79 Å². The van der Waals surface area contributed by atoms with E-state index in [0.717, 1.165) is 51.9 Å². The van der Waals surface area contributed by atoms with Crippen molar-refractivity contribution in [3.05, 3.63) is 11.9 Å². The average Bonchev–Trinajstić information content (AvgIpc) is 3.04. The van der Waals surface area contributed by atoms with Crippen LogP contribution in [0.25, 0.3) is 11.9 Å². The van der Waals surface area contributed by atoms with Crippen LogP contribution in [0.3, 0.4) is 0 Å². The first kappa shape index (κ1) is 58.8. The van der Waals surface area contributed by atoms with Gasteiger partial charge in [0.2, 0.25) is 0 Å². The van der Waals surface area contributed by atoms with Crippen molar-refractivity contribution < 1.29 is 56.2 Å². The van der Waals surface area contributed by atoms with Crippen LogP contribution in [0.1, 0.15) is 200 Å². The molecule has 0 spiro atoms. The van der Waals surface area contributed by atoms with Gasteiger partial charge >= 0.3 is 27.0 Å². The third kappa shape index (κ3) is 72.4. The zero-order valence-corrected chi connectivity index (χ0v) is 33.2. The van der Waals surface area contributed by atoms with Crippen LogP contribution in [-0.4, -0.2) is 63.8 Å². The van der Waals surface area contributed by atoms with Gasteiger partial charge in [0.15, 0.2) is 6.29 Å². The molecule has 10 heteroatoms. The molecule has 0 heterocycles. The minimum atomic E-state index is -1.56. The first-order valence-corrected chi connectivity index (χ1v) is 18.6. The Balaban J connectivity index is -0.000000124. The number of hydrogen-bond acceptors (Lipinski definition) is 6. The van der Waals surface area contributed by atoms with Gasteiger partial charge in [-0.05, 0) is 12.8 Å². The Hall–Kier alpha value is -0.412. The van der Waals surface area contributed by atoms with E-state index in [9.17, 15) is 9.59 Å². The second-order valence-corrected chi connectivity index (χ2v) is 12.2. The van der Waals surface area contributed by atoms with Crippen LogP contribution in [0.2, 0.25) is 0 Å². The molecule has 0 atom stereocenters. The van der Waals surface area contributed by atoms with Crippen molar-refractivity contribution in [2.75, 3.05) is 13.7 Å². The molecular formula is C37H80N2O7Pt. The monoisotopic (exact) mass is 860 g/mol. The number of rotatable bonds is 25. The van der Waals surface area contributed by atoms with E-state index < -0.39 is 18.9 Å².